The third-order valence-electron chi connectivity index (χ3n) is 8.69. The number of halogens is 3. The molecule has 3 nitrogen and oxygen atoms in total. The van der Waals surface area contributed by atoms with Crippen molar-refractivity contribution in [3.8, 4) is 5.75 Å². The first kappa shape index (κ1) is 29.7. The quantitative estimate of drug-likeness (QED) is 0.214. The van der Waals surface area contributed by atoms with E-state index in [0.717, 1.165) is 69.8 Å². The molecule has 0 amide bonds. The zero-order chi connectivity index (χ0) is 27.8. The zero-order valence-electron chi connectivity index (χ0n) is 23.1. The third-order valence-corrected chi connectivity index (χ3v) is 8.69. The summed E-state index contributed by atoms with van der Waals surface area (Å²) in [5, 5.41) is 10.3. The van der Waals surface area contributed by atoms with Crippen LogP contribution < -0.4 is 4.74 Å². The van der Waals surface area contributed by atoms with E-state index in [-0.39, 0.29) is 53.7 Å². The Balaban J connectivity index is 1.25. The maximum Gasteiger partial charge on any atom is 0.165 e. The van der Waals surface area contributed by atoms with E-state index in [2.05, 4.69) is 13.5 Å². The highest BCUT2D eigenvalue weighted by molar-refractivity contribution is 5.32. The van der Waals surface area contributed by atoms with Gasteiger partial charge in [-0.3, -0.25) is 0 Å². The summed E-state index contributed by atoms with van der Waals surface area (Å²) in [6.07, 6.45) is 10.4. The van der Waals surface area contributed by atoms with Crippen molar-refractivity contribution in [3.63, 3.8) is 0 Å². The molecule has 6 heteroatoms. The van der Waals surface area contributed by atoms with Gasteiger partial charge in [0.25, 0.3) is 0 Å². The fourth-order valence-corrected chi connectivity index (χ4v) is 6.29. The molecular formula is C33H43F3O3. The van der Waals surface area contributed by atoms with Crippen LogP contribution in [0.4, 0.5) is 13.2 Å². The number of aliphatic hydroxyl groups is 1. The fourth-order valence-electron chi connectivity index (χ4n) is 6.29. The van der Waals surface area contributed by atoms with Crippen LogP contribution in [0.3, 0.4) is 0 Å². The lowest BCUT2D eigenvalue weighted by Gasteiger charge is -2.32. The number of rotatable bonds is 12. The summed E-state index contributed by atoms with van der Waals surface area (Å²) in [7, 11) is 0. The fraction of sp³-hybridized carbons (Fsp3) is 0.576. The summed E-state index contributed by atoms with van der Waals surface area (Å²) in [6, 6.07) is 8.57. The van der Waals surface area contributed by atoms with Gasteiger partial charge in [0, 0.05) is 5.56 Å². The Labute approximate surface area is 231 Å². The van der Waals surface area contributed by atoms with Crippen molar-refractivity contribution in [2.75, 3.05) is 6.61 Å². The smallest absolute Gasteiger partial charge is 0.165 e. The second-order valence-corrected chi connectivity index (χ2v) is 11.3. The van der Waals surface area contributed by atoms with Crippen molar-refractivity contribution in [2.45, 2.75) is 108 Å². The lowest BCUT2D eigenvalue weighted by molar-refractivity contribution is 0.0118. The predicted molar refractivity (Wildman–Crippen MR) is 148 cm³/mol. The average molecular weight is 545 g/mol. The van der Waals surface area contributed by atoms with Crippen molar-refractivity contribution in [1.29, 1.82) is 0 Å². The summed E-state index contributed by atoms with van der Waals surface area (Å²) in [6.45, 7) is 6.15. The predicted octanol–water partition coefficient (Wildman–Crippen LogP) is 8.74. The van der Waals surface area contributed by atoms with Gasteiger partial charge in [0.1, 0.15) is 0 Å². The van der Waals surface area contributed by atoms with Gasteiger partial charge in [0.15, 0.2) is 23.2 Å². The number of aliphatic hydroxyl groups excluding tert-OH is 1. The lowest BCUT2D eigenvalue weighted by atomic mass is 9.76. The maximum atomic E-state index is 15.1. The first-order valence-corrected chi connectivity index (χ1v) is 14.7. The van der Waals surface area contributed by atoms with Gasteiger partial charge in [-0.05, 0) is 105 Å². The van der Waals surface area contributed by atoms with Gasteiger partial charge in [0.05, 0.1) is 25.4 Å². The van der Waals surface area contributed by atoms with Crippen LogP contribution in [-0.2, 0) is 11.3 Å². The highest BCUT2D eigenvalue weighted by Crippen LogP contribution is 2.40. The molecule has 1 atom stereocenters. The molecule has 2 aromatic carbocycles. The van der Waals surface area contributed by atoms with E-state index >= 15 is 4.39 Å². The van der Waals surface area contributed by atoms with Gasteiger partial charge >= 0.3 is 0 Å². The van der Waals surface area contributed by atoms with Gasteiger partial charge in [0.2, 0.25) is 0 Å². The summed E-state index contributed by atoms with van der Waals surface area (Å²) >= 11 is 0. The summed E-state index contributed by atoms with van der Waals surface area (Å²) < 4.78 is 56.0. The monoisotopic (exact) mass is 544 g/mol. The Morgan fingerprint density at radius 2 is 1.67 bits per heavy atom. The molecule has 0 saturated heterocycles. The molecule has 0 aliphatic heterocycles. The Morgan fingerprint density at radius 3 is 2.33 bits per heavy atom. The van der Waals surface area contributed by atoms with Crippen molar-refractivity contribution in [2.24, 2.45) is 5.92 Å². The van der Waals surface area contributed by atoms with Crippen LogP contribution in [0.15, 0.2) is 43.0 Å². The Bertz CT molecular complexity index is 1070. The molecule has 2 aromatic rings. The molecule has 2 aliphatic rings. The van der Waals surface area contributed by atoms with Crippen LogP contribution in [-0.4, -0.2) is 23.9 Å². The largest absolute Gasteiger partial charge is 0.490 e. The minimum absolute atomic E-state index is 0.00701. The highest BCUT2D eigenvalue weighted by atomic mass is 19.2. The van der Waals surface area contributed by atoms with Crippen LogP contribution in [0.1, 0.15) is 106 Å². The molecule has 4 rings (SSSR count). The van der Waals surface area contributed by atoms with Crippen LogP contribution in [0.2, 0.25) is 0 Å². The second kappa shape index (κ2) is 14.4. The van der Waals surface area contributed by atoms with Gasteiger partial charge in [-0.1, -0.05) is 37.6 Å². The number of benzene rings is 2. The molecule has 0 heterocycles. The van der Waals surface area contributed by atoms with E-state index in [9.17, 15) is 13.9 Å². The third kappa shape index (κ3) is 7.67. The standard InChI is InChI=1S/C33H43F3O3/c1-3-5-19-38-31-18-14-25(20-29(31)34)22-11-15-27(16-12-22)39-21-26-13-17-28(33(36)32(26)35)23-7-9-24(10-8-23)30(37)6-4-2/h3,13-14,17-18,20,22-24,27,30,37H,1,4-12,15-16,19,21H2,2H3. The molecule has 2 fully saturated rings. The first-order valence-electron chi connectivity index (χ1n) is 14.7. The highest BCUT2D eigenvalue weighted by Gasteiger charge is 2.30. The molecule has 214 valence electrons. The molecule has 0 bridgehead atoms. The average Bonchev–Trinajstić information content (AvgIpc) is 2.95. The first-order chi connectivity index (χ1) is 18.9. The maximum absolute atomic E-state index is 15.1. The van der Waals surface area contributed by atoms with Gasteiger partial charge in [-0.2, -0.15) is 0 Å². The van der Waals surface area contributed by atoms with Gasteiger partial charge in [-0.15, -0.1) is 6.58 Å². The van der Waals surface area contributed by atoms with Crippen LogP contribution in [0, 0.1) is 23.4 Å². The van der Waals surface area contributed by atoms with E-state index in [1.165, 1.54) is 0 Å². The molecule has 2 aliphatic carbocycles. The Hall–Kier alpha value is -2.31. The van der Waals surface area contributed by atoms with Crippen molar-refractivity contribution < 1.29 is 27.8 Å². The molecule has 0 spiro atoms. The van der Waals surface area contributed by atoms with Crippen molar-refractivity contribution in [1.82, 2.24) is 0 Å². The Morgan fingerprint density at radius 1 is 0.949 bits per heavy atom. The molecule has 0 radical (unpaired) electrons. The normalized spacial score (nSPS) is 24.3. The van der Waals surface area contributed by atoms with E-state index in [1.54, 1.807) is 30.3 Å². The minimum Gasteiger partial charge on any atom is -0.490 e. The molecule has 1 unspecified atom stereocenters. The van der Waals surface area contributed by atoms with Crippen LogP contribution in [0.5, 0.6) is 5.75 Å². The molecule has 39 heavy (non-hydrogen) atoms. The van der Waals surface area contributed by atoms with E-state index in [0.29, 0.717) is 18.6 Å². The summed E-state index contributed by atoms with van der Waals surface area (Å²) in [5.74, 6) is -1.15. The van der Waals surface area contributed by atoms with Crippen LogP contribution >= 0.6 is 0 Å². The number of ether oxygens (including phenoxy) is 2. The number of hydrogen-bond donors (Lipinski definition) is 1. The lowest BCUT2D eigenvalue weighted by Crippen LogP contribution is -2.25. The van der Waals surface area contributed by atoms with Crippen LogP contribution in [0.25, 0.3) is 0 Å². The molecule has 2 saturated carbocycles. The second-order valence-electron chi connectivity index (χ2n) is 11.3. The van der Waals surface area contributed by atoms with Gasteiger partial charge < -0.3 is 14.6 Å². The molecule has 0 aromatic heterocycles. The van der Waals surface area contributed by atoms with E-state index in [1.807, 2.05) is 6.07 Å². The van der Waals surface area contributed by atoms with Crippen molar-refractivity contribution >= 4 is 0 Å². The number of hydrogen-bond acceptors (Lipinski definition) is 3. The molecular weight excluding hydrogens is 501 g/mol. The minimum atomic E-state index is -0.805. The topological polar surface area (TPSA) is 38.7 Å². The van der Waals surface area contributed by atoms with Gasteiger partial charge in [-0.25, -0.2) is 13.2 Å². The van der Waals surface area contributed by atoms with E-state index in [4.69, 9.17) is 9.47 Å². The molecule has 1 N–H and O–H groups in total. The zero-order valence-corrected chi connectivity index (χ0v) is 23.1. The Kier molecular flexibility index (Phi) is 10.9. The van der Waals surface area contributed by atoms with Crippen molar-refractivity contribution in [3.05, 3.63) is 77.1 Å². The summed E-state index contributed by atoms with van der Waals surface area (Å²) in [4.78, 5) is 0. The SMILES string of the molecule is C=CCCOc1ccc(C2CCC(OCc3ccc(C4CCC(C(O)CCC)CC4)c(F)c3F)CC2)cc1F. The summed E-state index contributed by atoms with van der Waals surface area (Å²) in [5.41, 5.74) is 1.66. The van der Waals surface area contributed by atoms with E-state index < -0.39 is 11.6 Å².